The molecule has 0 atom stereocenters. The molecule has 86 valence electrons. The number of hydrogen-bond donors (Lipinski definition) is 1. The summed E-state index contributed by atoms with van der Waals surface area (Å²) in [5.74, 6) is 0.420. The predicted octanol–water partition coefficient (Wildman–Crippen LogP) is 1.89. The summed E-state index contributed by atoms with van der Waals surface area (Å²) >= 11 is 0. The van der Waals surface area contributed by atoms with Crippen LogP contribution < -0.4 is 0 Å². The van der Waals surface area contributed by atoms with Gasteiger partial charge in [0.05, 0.1) is 23.9 Å². The van der Waals surface area contributed by atoms with Crippen molar-refractivity contribution in [3.63, 3.8) is 0 Å². The highest BCUT2D eigenvalue weighted by molar-refractivity contribution is 5.47. The summed E-state index contributed by atoms with van der Waals surface area (Å²) < 4.78 is 38.7. The molecule has 6 heteroatoms. The van der Waals surface area contributed by atoms with Gasteiger partial charge in [-0.05, 0) is 12.1 Å². The van der Waals surface area contributed by atoms with Crippen molar-refractivity contribution in [2.75, 3.05) is 6.61 Å². The van der Waals surface area contributed by atoms with E-state index in [1.807, 2.05) is 0 Å². The lowest BCUT2D eigenvalue weighted by Gasteiger charge is -2.07. The van der Waals surface area contributed by atoms with E-state index in [1.54, 1.807) is 0 Å². The molecule has 0 aliphatic carbocycles. The lowest BCUT2D eigenvalue weighted by molar-refractivity contribution is -0.137. The molecule has 0 radical (unpaired) electrons. The zero-order chi connectivity index (χ0) is 11.8. The first-order valence-corrected chi connectivity index (χ1v) is 4.66. The van der Waals surface area contributed by atoms with Gasteiger partial charge in [0.2, 0.25) is 0 Å². The summed E-state index contributed by atoms with van der Waals surface area (Å²) in [5, 5.41) is 8.75. The minimum Gasteiger partial charge on any atom is -0.396 e. The van der Waals surface area contributed by atoms with Gasteiger partial charge in [-0.2, -0.15) is 13.2 Å². The maximum Gasteiger partial charge on any atom is 0.417 e. The molecule has 0 saturated heterocycles. The van der Waals surface area contributed by atoms with Crippen molar-refractivity contribution < 1.29 is 18.3 Å². The van der Waals surface area contributed by atoms with E-state index in [9.17, 15) is 13.2 Å². The standard InChI is InChI=1S/C10H9F3N2O/c11-10(12,13)7-1-2-8-5-14-9(3-4-16)15(8)6-7/h1-2,5-6,16H,3-4H2. The first kappa shape index (κ1) is 10.9. The Morgan fingerprint density at radius 3 is 2.69 bits per heavy atom. The minimum absolute atomic E-state index is 0.143. The normalized spacial score (nSPS) is 12.2. The number of nitrogens with zero attached hydrogens (tertiary/aromatic N) is 2. The number of halogens is 3. The molecule has 0 aliphatic rings. The Morgan fingerprint density at radius 2 is 2.06 bits per heavy atom. The third-order valence-electron chi connectivity index (χ3n) is 2.27. The van der Waals surface area contributed by atoms with Crippen LogP contribution in [-0.4, -0.2) is 21.1 Å². The summed E-state index contributed by atoms with van der Waals surface area (Å²) in [4.78, 5) is 3.94. The molecule has 2 aromatic rings. The quantitative estimate of drug-likeness (QED) is 0.855. The van der Waals surface area contributed by atoms with Gasteiger partial charge in [0.1, 0.15) is 5.82 Å². The lowest BCUT2D eigenvalue weighted by atomic mass is 10.2. The molecule has 0 spiro atoms. The fourth-order valence-electron chi connectivity index (χ4n) is 1.50. The van der Waals surface area contributed by atoms with Crippen LogP contribution in [0, 0.1) is 0 Å². The Balaban J connectivity index is 2.54. The average Bonchev–Trinajstić information content (AvgIpc) is 2.60. The van der Waals surface area contributed by atoms with Crippen molar-refractivity contribution in [1.29, 1.82) is 0 Å². The van der Waals surface area contributed by atoms with E-state index in [4.69, 9.17) is 5.11 Å². The largest absolute Gasteiger partial charge is 0.417 e. The van der Waals surface area contributed by atoms with Crippen LogP contribution >= 0.6 is 0 Å². The van der Waals surface area contributed by atoms with E-state index in [1.165, 1.54) is 16.7 Å². The van der Waals surface area contributed by atoms with Crippen LogP contribution in [0.5, 0.6) is 0 Å². The Labute approximate surface area is 89.2 Å². The molecule has 0 saturated carbocycles. The molecule has 0 fully saturated rings. The van der Waals surface area contributed by atoms with Crippen LogP contribution in [0.15, 0.2) is 24.5 Å². The van der Waals surface area contributed by atoms with Crippen LogP contribution in [0.3, 0.4) is 0 Å². The number of rotatable bonds is 2. The molecule has 3 nitrogen and oxygen atoms in total. The summed E-state index contributed by atoms with van der Waals surface area (Å²) in [6.45, 7) is -0.143. The molecule has 2 heterocycles. The van der Waals surface area contributed by atoms with Crippen LogP contribution in [0.2, 0.25) is 0 Å². The number of alkyl halides is 3. The van der Waals surface area contributed by atoms with E-state index in [0.717, 1.165) is 12.3 Å². The van der Waals surface area contributed by atoms with E-state index < -0.39 is 11.7 Å². The Morgan fingerprint density at radius 1 is 1.31 bits per heavy atom. The smallest absolute Gasteiger partial charge is 0.396 e. The first-order chi connectivity index (χ1) is 7.52. The molecule has 0 amide bonds. The van der Waals surface area contributed by atoms with Crippen molar-refractivity contribution in [3.05, 3.63) is 35.9 Å². The predicted molar refractivity (Wildman–Crippen MR) is 51.0 cm³/mol. The topological polar surface area (TPSA) is 37.5 Å². The molecule has 1 N–H and O–H groups in total. The third-order valence-corrected chi connectivity index (χ3v) is 2.27. The van der Waals surface area contributed by atoms with Crippen LogP contribution in [-0.2, 0) is 12.6 Å². The van der Waals surface area contributed by atoms with Gasteiger partial charge in [-0.1, -0.05) is 0 Å². The number of pyridine rings is 1. The van der Waals surface area contributed by atoms with Crippen LogP contribution in [0.1, 0.15) is 11.4 Å². The molecule has 0 aliphatic heterocycles. The average molecular weight is 230 g/mol. The molecule has 2 aromatic heterocycles. The van der Waals surface area contributed by atoms with Gasteiger partial charge in [-0.15, -0.1) is 0 Å². The summed E-state index contributed by atoms with van der Waals surface area (Å²) in [6, 6.07) is 2.37. The molecule has 16 heavy (non-hydrogen) atoms. The second kappa shape index (κ2) is 3.79. The van der Waals surface area contributed by atoms with Crippen molar-refractivity contribution in [2.24, 2.45) is 0 Å². The van der Waals surface area contributed by atoms with Crippen molar-refractivity contribution >= 4 is 5.52 Å². The SMILES string of the molecule is OCCc1ncc2ccc(C(F)(F)F)cn12. The Hall–Kier alpha value is -1.56. The van der Waals surface area contributed by atoms with Gasteiger partial charge >= 0.3 is 6.18 Å². The van der Waals surface area contributed by atoms with Gasteiger partial charge in [-0.25, -0.2) is 4.98 Å². The van der Waals surface area contributed by atoms with Gasteiger partial charge in [0.15, 0.2) is 0 Å². The van der Waals surface area contributed by atoms with Gasteiger partial charge in [0.25, 0.3) is 0 Å². The highest BCUT2D eigenvalue weighted by Crippen LogP contribution is 2.29. The highest BCUT2D eigenvalue weighted by atomic mass is 19.4. The number of aliphatic hydroxyl groups excluding tert-OH is 1. The maximum atomic E-state index is 12.5. The summed E-state index contributed by atoms with van der Waals surface area (Å²) in [7, 11) is 0. The Kier molecular flexibility index (Phi) is 2.59. The number of imidazole rings is 1. The van der Waals surface area contributed by atoms with E-state index >= 15 is 0 Å². The van der Waals surface area contributed by atoms with E-state index in [2.05, 4.69) is 4.98 Å². The summed E-state index contributed by atoms with van der Waals surface area (Å²) in [6.07, 6.45) is -1.66. The van der Waals surface area contributed by atoms with Crippen LogP contribution in [0.25, 0.3) is 5.52 Å². The second-order valence-corrected chi connectivity index (χ2v) is 3.36. The van der Waals surface area contributed by atoms with Crippen molar-refractivity contribution in [2.45, 2.75) is 12.6 Å². The van der Waals surface area contributed by atoms with E-state index in [0.29, 0.717) is 11.3 Å². The number of aromatic nitrogens is 2. The Bertz CT molecular complexity index is 504. The fourth-order valence-corrected chi connectivity index (χ4v) is 1.50. The molecule has 0 unspecified atom stereocenters. The molecule has 0 aromatic carbocycles. The van der Waals surface area contributed by atoms with Crippen LogP contribution in [0.4, 0.5) is 13.2 Å². The van der Waals surface area contributed by atoms with Gasteiger partial charge in [-0.3, -0.25) is 0 Å². The fraction of sp³-hybridized carbons (Fsp3) is 0.300. The highest BCUT2D eigenvalue weighted by Gasteiger charge is 2.30. The van der Waals surface area contributed by atoms with E-state index in [-0.39, 0.29) is 13.0 Å². The minimum atomic E-state index is -4.37. The zero-order valence-electron chi connectivity index (χ0n) is 8.20. The summed E-state index contributed by atoms with van der Waals surface area (Å²) in [5.41, 5.74) is -0.145. The van der Waals surface area contributed by atoms with Gasteiger partial charge in [0, 0.05) is 12.6 Å². The maximum absolute atomic E-state index is 12.5. The van der Waals surface area contributed by atoms with Crippen molar-refractivity contribution in [1.82, 2.24) is 9.38 Å². The molecular formula is C10H9F3N2O. The molecule has 0 bridgehead atoms. The monoisotopic (exact) mass is 230 g/mol. The third kappa shape index (κ3) is 1.88. The number of fused-ring (bicyclic) bond motifs is 1. The van der Waals surface area contributed by atoms with Crippen molar-refractivity contribution in [3.8, 4) is 0 Å². The first-order valence-electron chi connectivity index (χ1n) is 4.66. The van der Waals surface area contributed by atoms with Gasteiger partial charge < -0.3 is 9.51 Å². The molecule has 2 rings (SSSR count). The zero-order valence-corrected chi connectivity index (χ0v) is 8.20. The number of aliphatic hydroxyl groups is 1. The lowest BCUT2D eigenvalue weighted by Crippen LogP contribution is -2.07. The molecular weight excluding hydrogens is 221 g/mol. The second-order valence-electron chi connectivity index (χ2n) is 3.36. The number of hydrogen-bond acceptors (Lipinski definition) is 2.